The summed E-state index contributed by atoms with van der Waals surface area (Å²) < 4.78 is 58.7. The third-order valence-corrected chi connectivity index (χ3v) is 11.1. The van der Waals surface area contributed by atoms with Crippen molar-refractivity contribution in [2.45, 2.75) is 55.9 Å². The molecule has 9 rings (SSSR count). The van der Waals surface area contributed by atoms with Crippen LogP contribution in [0.1, 0.15) is 32.1 Å². The molecule has 0 radical (unpaired) electrons. The lowest BCUT2D eigenvalue weighted by molar-refractivity contribution is 0.107. The van der Waals surface area contributed by atoms with E-state index in [0.717, 1.165) is 43.6 Å². The molecular formula is C33H32F3N7O2S. The third kappa shape index (κ3) is 4.46. The third-order valence-electron chi connectivity index (χ3n) is 10.3. The van der Waals surface area contributed by atoms with Gasteiger partial charge >= 0.3 is 6.01 Å². The van der Waals surface area contributed by atoms with E-state index in [1.807, 2.05) is 6.07 Å². The van der Waals surface area contributed by atoms with E-state index in [1.165, 1.54) is 18.4 Å². The number of anilines is 2. The quantitative estimate of drug-likeness (QED) is 0.232. The van der Waals surface area contributed by atoms with Crippen LogP contribution in [-0.2, 0) is 0 Å². The Bertz CT molecular complexity index is 1980. The molecule has 238 valence electrons. The molecule has 3 aromatic heterocycles. The number of benzene rings is 2. The number of hydrogen-bond acceptors (Lipinski definition) is 10. The molecule has 13 heteroatoms. The molecule has 3 N–H and O–H groups in total. The SMILES string of the molecule is Nc1nc2c(-c3c(-c4ccoc4)cc4c(N5CC6CCC(C5)N6)nc(OCC56CCCN5CC(F)C6)nc4c3F)ccc(F)c2s1. The van der Waals surface area contributed by atoms with Gasteiger partial charge in [0.2, 0.25) is 0 Å². The number of hydrogen-bond donors (Lipinski definition) is 2. The van der Waals surface area contributed by atoms with Gasteiger partial charge in [-0.15, -0.1) is 0 Å². The number of nitrogens with two attached hydrogens (primary N) is 1. The van der Waals surface area contributed by atoms with E-state index in [4.69, 9.17) is 19.9 Å². The largest absolute Gasteiger partial charge is 0.472 e. The first-order valence-electron chi connectivity index (χ1n) is 15.8. The van der Waals surface area contributed by atoms with Crippen molar-refractivity contribution in [3.05, 3.63) is 48.4 Å². The Morgan fingerprint density at radius 2 is 1.91 bits per heavy atom. The lowest BCUT2D eigenvalue weighted by Gasteiger charge is -2.35. The number of rotatable bonds is 6. The first kappa shape index (κ1) is 28.3. The normalized spacial score (nSPS) is 26.1. The molecule has 0 amide bonds. The number of fused-ring (bicyclic) bond motifs is 5. The van der Waals surface area contributed by atoms with Crippen molar-refractivity contribution in [3.63, 3.8) is 0 Å². The zero-order valence-corrected chi connectivity index (χ0v) is 25.8. The molecule has 0 spiro atoms. The average Bonchev–Trinajstić information content (AvgIpc) is 3.87. The topological polar surface area (TPSA) is 106 Å². The summed E-state index contributed by atoms with van der Waals surface area (Å²) in [6.07, 6.45) is 6.51. The molecule has 0 aliphatic carbocycles. The molecule has 4 unspecified atom stereocenters. The van der Waals surface area contributed by atoms with Crippen molar-refractivity contribution in [1.29, 1.82) is 0 Å². The van der Waals surface area contributed by atoms with Gasteiger partial charge < -0.3 is 25.1 Å². The summed E-state index contributed by atoms with van der Waals surface area (Å²) in [7, 11) is 0. The summed E-state index contributed by atoms with van der Waals surface area (Å²) in [6.45, 7) is 2.89. The number of piperazine rings is 1. The number of nitrogen functional groups attached to an aromatic ring is 1. The predicted octanol–water partition coefficient (Wildman–Crippen LogP) is 5.92. The molecule has 4 fully saturated rings. The second kappa shape index (κ2) is 10.5. The van der Waals surface area contributed by atoms with Gasteiger partial charge in [0.15, 0.2) is 10.9 Å². The van der Waals surface area contributed by atoms with E-state index >= 15 is 4.39 Å². The van der Waals surface area contributed by atoms with Crippen LogP contribution < -0.4 is 20.7 Å². The van der Waals surface area contributed by atoms with Crippen molar-refractivity contribution in [2.24, 2.45) is 0 Å². The maximum Gasteiger partial charge on any atom is 0.319 e. The number of ether oxygens (including phenoxy) is 1. The fraction of sp³-hybridized carbons (Fsp3) is 0.424. The van der Waals surface area contributed by atoms with E-state index in [9.17, 15) is 8.78 Å². The van der Waals surface area contributed by atoms with Gasteiger partial charge in [-0.1, -0.05) is 11.3 Å². The first-order valence-corrected chi connectivity index (χ1v) is 16.6. The predicted molar refractivity (Wildman–Crippen MR) is 171 cm³/mol. The number of furan rings is 1. The molecule has 9 nitrogen and oxygen atoms in total. The van der Waals surface area contributed by atoms with Crippen molar-refractivity contribution >= 4 is 43.4 Å². The van der Waals surface area contributed by atoms with Gasteiger partial charge in [-0.2, -0.15) is 9.97 Å². The van der Waals surface area contributed by atoms with Crippen molar-refractivity contribution in [2.75, 3.05) is 43.4 Å². The minimum absolute atomic E-state index is 0.0555. The summed E-state index contributed by atoms with van der Waals surface area (Å²) in [5, 5.41) is 4.37. The average molecular weight is 648 g/mol. The van der Waals surface area contributed by atoms with Crippen LogP contribution in [0.5, 0.6) is 6.01 Å². The molecule has 5 aromatic rings. The zero-order valence-electron chi connectivity index (χ0n) is 24.9. The van der Waals surface area contributed by atoms with Crippen LogP contribution >= 0.6 is 11.3 Å². The Kier molecular flexibility index (Phi) is 6.48. The molecule has 2 aromatic carbocycles. The highest BCUT2D eigenvalue weighted by Gasteiger charge is 2.49. The number of alkyl halides is 1. The van der Waals surface area contributed by atoms with Crippen molar-refractivity contribution in [3.8, 4) is 28.3 Å². The monoisotopic (exact) mass is 647 g/mol. The Morgan fingerprint density at radius 1 is 1.07 bits per heavy atom. The lowest BCUT2D eigenvalue weighted by atomic mass is 9.92. The second-order valence-corrected chi connectivity index (χ2v) is 14.1. The van der Waals surface area contributed by atoms with E-state index in [0.29, 0.717) is 66.0 Å². The maximum absolute atomic E-state index is 17.3. The molecule has 4 atom stereocenters. The summed E-state index contributed by atoms with van der Waals surface area (Å²) >= 11 is 1.02. The van der Waals surface area contributed by atoms with Crippen LogP contribution in [-0.4, -0.2) is 76.4 Å². The van der Waals surface area contributed by atoms with E-state index < -0.39 is 23.3 Å². The maximum atomic E-state index is 17.3. The van der Waals surface area contributed by atoms with Crippen LogP contribution in [0.2, 0.25) is 0 Å². The Morgan fingerprint density at radius 3 is 2.72 bits per heavy atom. The Hall–Kier alpha value is -3.94. The number of nitrogens with one attached hydrogen (secondary N) is 1. The standard InChI is InChI=1S/C33H32F3N7O2S/c34-18-11-33(7-1-8-43(33)12-18)16-45-32-40-27-23(30(41-32)42-13-19-2-3-20(14-42)38-19)10-22(17-6-9-44-15-17)25(26(27)36)21-4-5-24(35)29-28(21)39-31(37)46-29/h4-6,9-10,15,18-20,38H,1-3,7-8,11-14,16H2,(H2,37,39). The highest BCUT2D eigenvalue weighted by Crippen LogP contribution is 2.45. The van der Waals surface area contributed by atoms with E-state index in [1.54, 1.807) is 12.3 Å². The fourth-order valence-corrected chi connectivity index (χ4v) is 8.98. The lowest BCUT2D eigenvalue weighted by Crippen LogP contribution is -2.51. The molecule has 2 bridgehead atoms. The Labute approximate surface area is 266 Å². The highest BCUT2D eigenvalue weighted by atomic mass is 32.1. The van der Waals surface area contributed by atoms with Crippen LogP contribution in [0.3, 0.4) is 0 Å². The molecular weight excluding hydrogens is 615 g/mol. The first-order chi connectivity index (χ1) is 22.3. The number of thiazole rings is 1. The smallest absolute Gasteiger partial charge is 0.319 e. The van der Waals surface area contributed by atoms with Crippen LogP contribution in [0, 0.1) is 11.6 Å². The van der Waals surface area contributed by atoms with Gasteiger partial charge in [0.1, 0.15) is 29.9 Å². The Balaban J connectivity index is 1.25. The van der Waals surface area contributed by atoms with Crippen LogP contribution in [0.15, 0.2) is 41.2 Å². The van der Waals surface area contributed by atoms with Gasteiger partial charge in [-0.3, -0.25) is 4.90 Å². The molecule has 46 heavy (non-hydrogen) atoms. The highest BCUT2D eigenvalue weighted by molar-refractivity contribution is 7.22. The zero-order chi connectivity index (χ0) is 31.2. The van der Waals surface area contributed by atoms with Gasteiger partial charge in [-0.25, -0.2) is 18.2 Å². The van der Waals surface area contributed by atoms with Crippen LogP contribution in [0.4, 0.5) is 24.1 Å². The van der Waals surface area contributed by atoms with Crippen molar-refractivity contribution < 1.29 is 22.3 Å². The number of nitrogens with zero attached hydrogens (tertiary/aromatic N) is 5. The van der Waals surface area contributed by atoms with Crippen LogP contribution in [0.25, 0.3) is 43.4 Å². The minimum atomic E-state index is -0.901. The summed E-state index contributed by atoms with van der Waals surface area (Å²) in [5.41, 5.74) is 7.73. The van der Waals surface area contributed by atoms with E-state index in [2.05, 4.69) is 25.1 Å². The van der Waals surface area contributed by atoms with E-state index in [-0.39, 0.29) is 39.0 Å². The number of aromatic nitrogens is 3. The van der Waals surface area contributed by atoms with Gasteiger partial charge in [-0.05, 0) is 62.1 Å². The van der Waals surface area contributed by atoms with Crippen molar-refractivity contribution in [1.82, 2.24) is 25.2 Å². The van der Waals surface area contributed by atoms with Gasteiger partial charge in [0.25, 0.3) is 0 Å². The molecule has 4 aliphatic rings. The molecule has 4 saturated heterocycles. The minimum Gasteiger partial charge on any atom is -0.472 e. The summed E-state index contributed by atoms with van der Waals surface area (Å²) in [6, 6.07) is 7.14. The van der Waals surface area contributed by atoms with Gasteiger partial charge in [0.05, 0.1) is 28.3 Å². The second-order valence-electron chi connectivity index (χ2n) is 13.1. The summed E-state index contributed by atoms with van der Waals surface area (Å²) in [5.74, 6) is -0.494. The molecule has 4 aliphatic heterocycles. The van der Waals surface area contributed by atoms with Gasteiger partial charge in [0, 0.05) is 60.2 Å². The molecule has 0 saturated carbocycles. The fourth-order valence-electron chi connectivity index (χ4n) is 8.22. The molecule has 7 heterocycles. The summed E-state index contributed by atoms with van der Waals surface area (Å²) in [4.78, 5) is 18.4. The number of halogens is 3.